The number of fused-ring (bicyclic) bond motifs is 2. The Bertz CT molecular complexity index is 779. The zero-order chi connectivity index (χ0) is 14.2. The maximum Gasteiger partial charge on any atom is -0.00864 e. The minimum Gasteiger partial charge on any atom is -0.0620 e. The van der Waals surface area contributed by atoms with Crippen LogP contribution in [0.2, 0.25) is 0 Å². The lowest BCUT2D eigenvalue weighted by atomic mass is 9.73. The van der Waals surface area contributed by atoms with Crippen molar-refractivity contribution in [3.8, 4) is 0 Å². The molecule has 21 heavy (non-hydrogen) atoms. The van der Waals surface area contributed by atoms with E-state index in [1.807, 2.05) is 0 Å². The predicted octanol–water partition coefficient (Wildman–Crippen LogP) is 5.36. The molecule has 4 rings (SSSR count). The highest BCUT2D eigenvalue weighted by molar-refractivity contribution is 5.86. The first-order chi connectivity index (χ1) is 10.3. The number of benzene rings is 3. The molecule has 104 valence electrons. The van der Waals surface area contributed by atoms with Crippen molar-refractivity contribution in [2.45, 2.75) is 25.7 Å². The molecule has 3 aromatic carbocycles. The van der Waals surface area contributed by atoms with Crippen LogP contribution in [0.15, 0.2) is 66.7 Å². The van der Waals surface area contributed by atoms with Gasteiger partial charge in [-0.3, -0.25) is 0 Å². The van der Waals surface area contributed by atoms with Gasteiger partial charge in [-0.1, -0.05) is 73.7 Å². The maximum atomic E-state index is 2.41. The molecule has 2 atom stereocenters. The van der Waals surface area contributed by atoms with E-state index in [1.54, 1.807) is 5.56 Å². The second-order valence-electron chi connectivity index (χ2n) is 6.33. The quantitative estimate of drug-likeness (QED) is 0.559. The lowest BCUT2D eigenvalue weighted by Crippen LogP contribution is -2.21. The van der Waals surface area contributed by atoms with Crippen molar-refractivity contribution in [2.24, 2.45) is 5.92 Å². The first-order valence-electron chi connectivity index (χ1n) is 7.87. The Morgan fingerprint density at radius 1 is 0.714 bits per heavy atom. The summed E-state index contributed by atoms with van der Waals surface area (Å²) in [6, 6.07) is 24.5. The van der Waals surface area contributed by atoms with Crippen LogP contribution in [0.4, 0.5) is 0 Å². The summed E-state index contributed by atoms with van der Waals surface area (Å²) in [6.07, 6.45) is 2.37. The van der Waals surface area contributed by atoms with Crippen molar-refractivity contribution >= 4 is 10.8 Å². The van der Waals surface area contributed by atoms with Crippen molar-refractivity contribution in [3.63, 3.8) is 0 Å². The van der Waals surface area contributed by atoms with Crippen LogP contribution in [-0.4, -0.2) is 0 Å². The zero-order valence-electron chi connectivity index (χ0n) is 12.4. The van der Waals surface area contributed by atoms with Gasteiger partial charge in [0, 0.05) is 0 Å². The summed E-state index contributed by atoms with van der Waals surface area (Å²) in [5.74, 6) is 1.33. The van der Waals surface area contributed by atoms with E-state index in [0.29, 0.717) is 11.8 Å². The van der Waals surface area contributed by atoms with Crippen LogP contribution in [0.1, 0.15) is 29.5 Å². The molecule has 0 nitrogen and oxygen atoms in total. The molecule has 0 heteroatoms. The van der Waals surface area contributed by atoms with E-state index in [-0.39, 0.29) is 0 Å². The Kier molecular flexibility index (Phi) is 3.03. The molecule has 0 amide bonds. The average molecular weight is 272 g/mol. The fourth-order valence-corrected chi connectivity index (χ4v) is 3.87. The van der Waals surface area contributed by atoms with Crippen molar-refractivity contribution in [2.75, 3.05) is 0 Å². The van der Waals surface area contributed by atoms with Crippen LogP contribution >= 0.6 is 0 Å². The average Bonchev–Trinajstić information content (AvgIpc) is 2.54. The van der Waals surface area contributed by atoms with Gasteiger partial charge in [-0.05, 0) is 52.1 Å². The van der Waals surface area contributed by atoms with E-state index < -0.39 is 0 Å². The maximum absolute atomic E-state index is 2.41. The Hall–Kier alpha value is -2.08. The molecular formula is C21H20. The lowest BCUT2D eigenvalue weighted by molar-refractivity contribution is 0.430. The summed E-state index contributed by atoms with van der Waals surface area (Å²) < 4.78 is 0. The monoisotopic (exact) mass is 272 g/mol. The minimum atomic E-state index is 0.631. The van der Waals surface area contributed by atoms with E-state index >= 15 is 0 Å². The molecule has 1 aliphatic carbocycles. The van der Waals surface area contributed by atoms with Crippen LogP contribution in [0, 0.1) is 5.92 Å². The highest BCUT2D eigenvalue weighted by atomic mass is 14.3. The summed E-state index contributed by atoms with van der Waals surface area (Å²) in [7, 11) is 0. The van der Waals surface area contributed by atoms with E-state index in [0.717, 1.165) is 0 Å². The van der Waals surface area contributed by atoms with Gasteiger partial charge in [0.15, 0.2) is 0 Å². The molecular weight excluding hydrogens is 252 g/mol. The summed E-state index contributed by atoms with van der Waals surface area (Å²) in [6.45, 7) is 2.41. The van der Waals surface area contributed by atoms with Crippen LogP contribution in [0.5, 0.6) is 0 Å². The third kappa shape index (κ3) is 2.15. The molecule has 0 aromatic heterocycles. The van der Waals surface area contributed by atoms with Gasteiger partial charge in [-0.15, -0.1) is 0 Å². The first-order valence-corrected chi connectivity index (χ1v) is 7.87. The molecule has 0 aliphatic heterocycles. The highest BCUT2D eigenvalue weighted by Crippen LogP contribution is 2.39. The Morgan fingerprint density at radius 2 is 1.38 bits per heavy atom. The highest BCUT2D eigenvalue weighted by Gasteiger charge is 2.27. The lowest BCUT2D eigenvalue weighted by Gasteiger charge is -2.32. The summed E-state index contributed by atoms with van der Waals surface area (Å²) >= 11 is 0. The third-order valence-corrected chi connectivity index (χ3v) is 5.01. The fourth-order valence-electron chi connectivity index (χ4n) is 3.87. The van der Waals surface area contributed by atoms with Gasteiger partial charge < -0.3 is 0 Å². The number of hydrogen-bond acceptors (Lipinski definition) is 0. The van der Waals surface area contributed by atoms with Crippen LogP contribution in [0.3, 0.4) is 0 Å². The second-order valence-corrected chi connectivity index (χ2v) is 6.33. The normalized spacial score (nSPS) is 21.2. The number of rotatable bonds is 1. The van der Waals surface area contributed by atoms with Gasteiger partial charge >= 0.3 is 0 Å². The standard InChI is InChI=1S/C21H20/c1-15-13-17-8-2-3-9-18(17)14-21(15)20-12-6-10-16-7-4-5-11-19(16)20/h2-12,15,21H,13-14H2,1H3. The molecule has 0 fully saturated rings. The van der Waals surface area contributed by atoms with Gasteiger partial charge in [0.25, 0.3) is 0 Å². The SMILES string of the molecule is CC1Cc2ccccc2CC1c1cccc2ccccc12. The predicted molar refractivity (Wildman–Crippen MR) is 89.7 cm³/mol. The van der Waals surface area contributed by atoms with E-state index in [1.165, 1.54) is 34.7 Å². The van der Waals surface area contributed by atoms with Gasteiger partial charge in [-0.2, -0.15) is 0 Å². The largest absolute Gasteiger partial charge is 0.0620 e. The molecule has 1 aliphatic rings. The molecule has 0 saturated heterocycles. The van der Waals surface area contributed by atoms with Gasteiger partial charge in [0.05, 0.1) is 0 Å². The Labute approximate surface area is 126 Å². The first kappa shape index (κ1) is 12.6. The van der Waals surface area contributed by atoms with Crippen molar-refractivity contribution in [3.05, 3.63) is 83.4 Å². The van der Waals surface area contributed by atoms with Crippen LogP contribution < -0.4 is 0 Å². The number of hydrogen-bond donors (Lipinski definition) is 0. The minimum absolute atomic E-state index is 0.631. The van der Waals surface area contributed by atoms with Crippen LogP contribution in [0.25, 0.3) is 10.8 Å². The van der Waals surface area contributed by atoms with E-state index in [2.05, 4.69) is 73.7 Å². The molecule has 0 N–H and O–H groups in total. The Balaban J connectivity index is 1.82. The Morgan fingerprint density at radius 3 is 2.24 bits per heavy atom. The van der Waals surface area contributed by atoms with Gasteiger partial charge in [0.2, 0.25) is 0 Å². The molecule has 3 aromatic rings. The molecule has 0 bridgehead atoms. The van der Waals surface area contributed by atoms with Crippen molar-refractivity contribution in [1.82, 2.24) is 0 Å². The van der Waals surface area contributed by atoms with Crippen molar-refractivity contribution in [1.29, 1.82) is 0 Å². The summed E-state index contributed by atoms with van der Waals surface area (Å²) in [4.78, 5) is 0. The third-order valence-electron chi connectivity index (χ3n) is 5.01. The van der Waals surface area contributed by atoms with Crippen LogP contribution in [-0.2, 0) is 12.8 Å². The molecule has 0 spiro atoms. The fraction of sp³-hybridized carbons (Fsp3) is 0.238. The smallest absolute Gasteiger partial charge is 0.00864 e. The summed E-state index contributed by atoms with van der Waals surface area (Å²) in [5, 5.41) is 2.79. The van der Waals surface area contributed by atoms with Gasteiger partial charge in [0.1, 0.15) is 0 Å². The molecule has 2 unspecified atom stereocenters. The summed E-state index contributed by atoms with van der Waals surface area (Å²) in [5.41, 5.74) is 4.60. The zero-order valence-corrected chi connectivity index (χ0v) is 12.4. The topological polar surface area (TPSA) is 0 Å². The molecule has 0 radical (unpaired) electrons. The second kappa shape index (κ2) is 5.04. The van der Waals surface area contributed by atoms with Gasteiger partial charge in [-0.25, -0.2) is 0 Å². The van der Waals surface area contributed by atoms with E-state index in [9.17, 15) is 0 Å². The molecule has 0 saturated carbocycles. The van der Waals surface area contributed by atoms with Crippen molar-refractivity contribution < 1.29 is 0 Å². The van der Waals surface area contributed by atoms with E-state index in [4.69, 9.17) is 0 Å². The molecule has 0 heterocycles.